The van der Waals surface area contributed by atoms with Crippen LogP contribution in [0, 0.1) is 17.4 Å². The number of carboxylic acids is 1. The Morgan fingerprint density at radius 3 is 2.60 bits per heavy atom. The van der Waals surface area contributed by atoms with Crippen LogP contribution in [0.3, 0.4) is 0 Å². The van der Waals surface area contributed by atoms with Gasteiger partial charge in [0.2, 0.25) is 0 Å². The summed E-state index contributed by atoms with van der Waals surface area (Å²) in [6.07, 6.45) is 5.24. The van der Waals surface area contributed by atoms with Gasteiger partial charge >= 0.3 is 5.97 Å². The maximum atomic E-state index is 14.1. The first-order chi connectivity index (χ1) is 16.6. The van der Waals surface area contributed by atoms with Crippen LogP contribution >= 0.6 is 45.5 Å². The number of hydrogen-bond donors (Lipinski definition) is 1. The smallest absolute Gasteiger partial charge is 0.348 e. The highest BCUT2D eigenvalue weighted by molar-refractivity contribution is 14.1. The molecule has 1 aliphatic carbocycles. The fraction of sp³-hybridized carbons (Fsp3) is 0.115. The van der Waals surface area contributed by atoms with E-state index in [4.69, 9.17) is 11.6 Å². The molecular weight excluding hydrogens is 617 g/mol. The van der Waals surface area contributed by atoms with Crippen LogP contribution in [0.25, 0.3) is 5.57 Å². The molecule has 4 rings (SSSR count). The van der Waals surface area contributed by atoms with Gasteiger partial charge in [0.25, 0.3) is 10.0 Å². The topological polar surface area (TPSA) is 74.7 Å². The summed E-state index contributed by atoms with van der Waals surface area (Å²) in [4.78, 5) is 12.8. The number of rotatable bonds is 7. The van der Waals surface area contributed by atoms with Gasteiger partial charge in [0.15, 0.2) is 0 Å². The second-order valence-electron chi connectivity index (χ2n) is 7.85. The molecule has 0 aliphatic heterocycles. The van der Waals surface area contributed by atoms with E-state index in [0.29, 0.717) is 26.6 Å². The predicted octanol–water partition coefficient (Wildman–Crippen LogP) is 6.98. The summed E-state index contributed by atoms with van der Waals surface area (Å²) in [6.45, 7) is 3.37. The van der Waals surface area contributed by atoms with Crippen LogP contribution in [0.15, 0.2) is 77.1 Å². The molecule has 35 heavy (non-hydrogen) atoms. The molecule has 2 aromatic carbocycles. The number of hydrogen-bond acceptors (Lipinski definition) is 4. The highest BCUT2D eigenvalue weighted by atomic mass is 127. The molecule has 0 unspecified atom stereocenters. The van der Waals surface area contributed by atoms with E-state index in [1.54, 1.807) is 44.2 Å². The summed E-state index contributed by atoms with van der Waals surface area (Å²) in [7, 11) is -4.16. The van der Waals surface area contributed by atoms with E-state index in [1.165, 1.54) is 10.4 Å². The van der Waals surface area contributed by atoms with Crippen molar-refractivity contribution >= 4 is 72.8 Å². The largest absolute Gasteiger partial charge is 0.477 e. The Hall–Kier alpha value is -2.58. The Kier molecular flexibility index (Phi) is 7.43. The molecule has 3 aromatic rings. The van der Waals surface area contributed by atoms with Crippen molar-refractivity contribution in [2.24, 2.45) is 0 Å². The molecule has 1 N–H and O–H groups in total. The normalized spacial score (nSPS) is 12.6. The molecule has 0 spiro atoms. The lowest BCUT2D eigenvalue weighted by atomic mass is 10.1. The molecule has 0 fully saturated rings. The molecule has 0 saturated carbocycles. The van der Waals surface area contributed by atoms with E-state index >= 15 is 0 Å². The van der Waals surface area contributed by atoms with Crippen molar-refractivity contribution in [1.82, 2.24) is 0 Å². The standard InChI is InChI=1S/C26H19ClINO4S2/c1-16-12-24(17(2)11-21(16)27)35(32,33)29(15-18-7-6-10-20(28)13-18)22-14-23(34-25(22)26(30)31)19-8-4-3-5-9-19/h3-4,6-8,10-14H,15H2,1-2H3,(H,30,31). The van der Waals surface area contributed by atoms with Crippen molar-refractivity contribution in [3.8, 4) is 0 Å². The third-order valence-corrected chi connectivity index (χ3v) is 9.46. The van der Waals surface area contributed by atoms with E-state index in [2.05, 4.69) is 34.1 Å². The lowest BCUT2D eigenvalue weighted by molar-refractivity contribution is 0.0703. The monoisotopic (exact) mass is 635 g/mol. The zero-order valence-electron chi connectivity index (χ0n) is 18.7. The molecule has 0 amide bonds. The number of aromatic carboxylic acids is 1. The van der Waals surface area contributed by atoms with Gasteiger partial charge in [-0.3, -0.25) is 4.31 Å². The van der Waals surface area contributed by atoms with E-state index in [9.17, 15) is 18.3 Å². The minimum Gasteiger partial charge on any atom is -0.477 e. The van der Waals surface area contributed by atoms with Crippen molar-refractivity contribution in [2.45, 2.75) is 25.3 Å². The molecule has 1 aromatic heterocycles. The number of carbonyl (C=O) groups is 1. The average molecular weight is 636 g/mol. The molecule has 0 radical (unpaired) electrons. The number of nitrogens with zero attached hydrogens (tertiary/aromatic N) is 1. The first kappa shape index (κ1) is 25.5. The van der Waals surface area contributed by atoms with Gasteiger partial charge in [0, 0.05) is 19.0 Å². The van der Waals surface area contributed by atoms with Gasteiger partial charge < -0.3 is 5.11 Å². The maximum Gasteiger partial charge on any atom is 0.348 e. The first-order valence-corrected chi connectivity index (χ1v) is 14.1. The minimum atomic E-state index is -4.16. The fourth-order valence-electron chi connectivity index (χ4n) is 3.60. The SMILES string of the molecule is Cc1cc(S(=O)(=O)N(Cc2cccc(I)c2)c2cc(C3=C=C=CC=C3)sc2C(=O)O)c(C)cc1Cl. The van der Waals surface area contributed by atoms with Gasteiger partial charge in [0.1, 0.15) is 4.88 Å². The van der Waals surface area contributed by atoms with Crippen LogP contribution in [-0.2, 0) is 16.6 Å². The van der Waals surface area contributed by atoms with Crippen molar-refractivity contribution in [2.75, 3.05) is 4.31 Å². The molecule has 5 nitrogen and oxygen atoms in total. The summed E-state index contributed by atoms with van der Waals surface area (Å²) in [5.41, 5.74) is 8.37. The van der Waals surface area contributed by atoms with Crippen LogP contribution < -0.4 is 4.31 Å². The quantitative estimate of drug-likeness (QED) is 0.225. The highest BCUT2D eigenvalue weighted by Crippen LogP contribution is 2.39. The summed E-state index contributed by atoms with van der Waals surface area (Å²) >= 11 is 9.39. The zero-order chi connectivity index (χ0) is 25.3. The number of allylic oxidation sites excluding steroid dienone is 4. The third-order valence-electron chi connectivity index (χ3n) is 5.33. The second-order valence-corrected chi connectivity index (χ2v) is 12.4. The van der Waals surface area contributed by atoms with Gasteiger partial charge in [0.05, 0.1) is 17.1 Å². The lowest BCUT2D eigenvalue weighted by Gasteiger charge is -2.25. The van der Waals surface area contributed by atoms with E-state index in [0.717, 1.165) is 20.5 Å². The number of anilines is 1. The van der Waals surface area contributed by atoms with Crippen LogP contribution in [0.5, 0.6) is 0 Å². The van der Waals surface area contributed by atoms with Crippen molar-refractivity contribution in [3.63, 3.8) is 0 Å². The van der Waals surface area contributed by atoms with Gasteiger partial charge in [-0.1, -0.05) is 41.3 Å². The summed E-state index contributed by atoms with van der Waals surface area (Å²) in [5, 5.41) is 10.5. The minimum absolute atomic E-state index is 0.0403. The fourth-order valence-corrected chi connectivity index (χ4v) is 7.22. The Morgan fingerprint density at radius 2 is 1.94 bits per heavy atom. The number of carboxylic acid groups (broad SMARTS) is 1. The van der Waals surface area contributed by atoms with Gasteiger partial charge in [-0.25, -0.2) is 13.2 Å². The maximum absolute atomic E-state index is 14.1. The summed E-state index contributed by atoms with van der Waals surface area (Å²) < 4.78 is 30.3. The zero-order valence-corrected chi connectivity index (χ0v) is 23.2. The van der Waals surface area contributed by atoms with Crippen molar-refractivity contribution in [1.29, 1.82) is 0 Å². The number of sulfonamides is 1. The number of aryl methyl sites for hydroxylation is 2. The van der Waals surface area contributed by atoms with E-state index < -0.39 is 16.0 Å². The molecule has 1 aliphatic rings. The summed E-state index contributed by atoms with van der Waals surface area (Å²) in [5.74, 6) is -1.21. The van der Waals surface area contributed by atoms with Crippen LogP contribution in [0.1, 0.15) is 31.2 Å². The number of thiophene rings is 1. The van der Waals surface area contributed by atoms with E-state index in [-0.39, 0.29) is 22.0 Å². The Balaban J connectivity index is 1.96. The Morgan fingerprint density at radius 1 is 1.17 bits per heavy atom. The van der Waals surface area contributed by atoms with Crippen LogP contribution in [0.2, 0.25) is 5.02 Å². The predicted molar refractivity (Wildman–Crippen MR) is 149 cm³/mol. The van der Waals surface area contributed by atoms with Crippen LogP contribution in [-0.4, -0.2) is 19.5 Å². The molecular formula is C26H19ClINO4S2. The van der Waals surface area contributed by atoms with Gasteiger partial charge in [-0.2, -0.15) is 0 Å². The molecule has 0 atom stereocenters. The third kappa shape index (κ3) is 5.33. The number of halogens is 2. The van der Waals surface area contributed by atoms with Gasteiger partial charge in [-0.05, 0) is 95.6 Å². The molecule has 178 valence electrons. The Labute approximate surface area is 226 Å². The lowest BCUT2D eigenvalue weighted by Crippen LogP contribution is -2.32. The molecule has 9 heteroatoms. The van der Waals surface area contributed by atoms with Crippen molar-refractivity contribution < 1.29 is 18.3 Å². The number of benzene rings is 2. The van der Waals surface area contributed by atoms with Gasteiger partial charge in [-0.15, -0.1) is 11.3 Å². The molecule has 0 bridgehead atoms. The summed E-state index contributed by atoms with van der Waals surface area (Å²) in [6, 6.07) is 12.2. The molecule has 1 heterocycles. The van der Waals surface area contributed by atoms with Crippen molar-refractivity contribution in [3.05, 3.63) is 107 Å². The second kappa shape index (κ2) is 10.2. The Bertz CT molecular complexity index is 1590. The van der Waals surface area contributed by atoms with E-state index in [1.807, 2.05) is 24.3 Å². The molecule has 0 saturated heterocycles. The van der Waals surface area contributed by atoms with Crippen LogP contribution in [0.4, 0.5) is 5.69 Å². The first-order valence-electron chi connectivity index (χ1n) is 10.4. The average Bonchev–Trinajstić information content (AvgIpc) is 3.26. The highest BCUT2D eigenvalue weighted by Gasteiger charge is 2.32.